The molecule has 0 aliphatic rings. The van der Waals surface area contributed by atoms with E-state index in [0.717, 1.165) is 15.9 Å². The smallest absolute Gasteiger partial charge is 0.152 e. The lowest BCUT2D eigenvalue weighted by Gasteiger charge is -2.13. The lowest BCUT2D eigenvalue weighted by atomic mass is 10.2. The van der Waals surface area contributed by atoms with Crippen LogP contribution in [0.2, 0.25) is 5.15 Å². The number of hydrogen-bond acceptors (Lipinski definition) is 4. The summed E-state index contributed by atoms with van der Waals surface area (Å²) in [6, 6.07) is 2.01. The number of halogens is 2. The van der Waals surface area contributed by atoms with Gasteiger partial charge in [0.2, 0.25) is 0 Å². The first-order valence-electron chi connectivity index (χ1n) is 4.62. The molecule has 0 saturated carbocycles. The minimum absolute atomic E-state index is 0.111. The number of nitrogens with one attached hydrogen (secondary N) is 1. The van der Waals surface area contributed by atoms with Crippen LogP contribution in [0, 0.1) is 0 Å². The molecule has 84 valence electrons. The van der Waals surface area contributed by atoms with E-state index in [9.17, 15) is 0 Å². The van der Waals surface area contributed by atoms with Crippen LogP contribution in [0.5, 0.6) is 0 Å². The average molecular weight is 319 g/mol. The van der Waals surface area contributed by atoms with Gasteiger partial charge in [0.1, 0.15) is 0 Å². The molecule has 6 heteroatoms. The molecule has 2 heterocycles. The molecule has 0 spiro atoms. The number of nitrogens with zero attached hydrogens (tertiary/aromatic N) is 2. The van der Waals surface area contributed by atoms with Gasteiger partial charge in [-0.3, -0.25) is 0 Å². The van der Waals surface area contributed by atoms with Gasteiger partial charge in [-0.15, -0.1) is 11.3 Å². The second kappa shape index (κ2) is 5.12. The Morgan fingerprint density at radius 1 is 1.50 bits per heavy atom. The molecule has 3 nitrogen and oxygen atoms in total. The van der Waals surface area contributed by atoms with Gasteiger partial charge in [-0.05, 0) is 28.9 Å². The van der Waals surface area contributed by atoms with Gasteiger partial charge in [-0.1, -0.05) is 11.6 Å². The summed E-state index contributed by atoms with van der Waals surface area (Å²) in [6.07, 6.45) is 1.67. The van der Waals surface area contributed by atoms with Crippen molar-refractivity contribution in [1.82, 2.24) is 9.97 Å². The van der Waals surface area contributed by atoms with Crippen molar-refractivity contribution >= 4 is 44.6 Å². The zero-order valence-corrected chi connectivity index (χ0v) is 11.6. The van der Waals surface area contributed by atoms with Crippen molar-refractivity contribution in [3.63, 3.8) is 0 Å². The van der Waals surface area contributed by atoms with Crippen LogP contribution in [-0.2, 0) is 0 Å². The molecule has 0 bridgehead atoms. The minimum Gasteiger partial charge on any atom is -0.374 e. The average Bonchev–Trinajstić information content (AvgIpc) is 2.76. The second-order valence-corrected chi connectivity index (χ2v) is 5.26. The second-order valence-electron chi connectivity index (χ2n) is 3.27. The van der Waals surface area contributed by atoms with E-state index in [-0.39, 0.29) is 6.04 Å². The lowest BCUT2D eigenvalue weighted by Crippen LogP contribution is -2.07. The molecule has 2 aromatic heterocycles. The zero-order valence-electron chi connectivity index (χ0n) is 8.45. The van der Waals surface area contributed by atoms with Gasteiger partial charge < -0.3 is 5.32 Å². The first-order valence-corrected chi connectivity index (χ1v) is 6.74. The molecule has 16 heavy (non-hydrogen) atoms. The highest BCUT2D eigenvalue weighted by molar-refractivity contribution is 9.10. The molecule has 1 unspecified atom stereocenters. The lowest BCUT2D eigenvalue weighted by molar-refractivity contribution is 0.848. The maximum Gasteiger partial charge on any atom is 0.152 e. The Morgan fingerprint density at radius 3 is 3.00 bits per heavy atom. The van der Waals surface area contributed by atoms with Crippen molar-refractivity contribution in [2.75, 3.05) is 5.32 Å². The highest BCUT2D eigenvalue weighted by Gasteiger charge is 2.10. The van der Waals surface area contributed by atoms with Crippen LogP contribution >= 0.6 is 38.9 Å². The molecule has 2 aromatic rings. The molecular formula is C10H9BrClN3S. The maximum absolute atomic E-state index is 5.99. The third-order valence-corrected chi connectivity index (χ3v) is 3.41. The number of thiazole rings is 1. The van der Waals surface area contributed by atoms with Crippen LogP contribution in [-0.4, -0.2) is 9.97 Å². The Morgan fingerprint density at radius 2 is 2.31 bits per heavy atom. The number of hydrogen-bond donors (Lipinski definition) is 1. The number of aromatic nitrogens is 2. The molecule has 0 saturated heterocycles. The molecule has 2 rings (SSSR count). The third-order valence-electron chi connectivity index (χ3n) is 2.07. The Labute approximate surface area is 111 Å². The Balaban J connectivity index is 2.17. The Kier molecular flexibility index (Phi) is 3.78. The number of rotatable bonds is 3. The van der Waals surface area contributed by atoms with E-state index < -0.39 is 0 Å². The first kappa shape index (κ1) is 11.8. The van der Waals surface area contributed by atoms with E-state index in [1.165, 1.54) is 0 Å². The summed E-state index contributed by atoms with van der Waals surface area (Å²) in [6.45, 7) is 2.03. The fourth-order valence-corrected chi connectivity index (χ4v) is 2.40. The number of pyridine rings is 1. The SMILES string of the molecule is CC(Nc1cc(Br)cnc1Cl)c1cscn1. The normalized spacial score (nSPS) is 12.4. The topological polar surface area (TPSA) is 37.8 Å². The molecule has 0 radical (unpaired) electrons. The third kappa shape index (κ3) is 2.72. The summed E-state index contributed by atoms with van der Waals surface area (Å²) in [4.78, 5) is 8.30. The maximum atomic E-state index is 5.99. The highest BCUT2D eigenvalue weighted by atomic mass is 79.9. The summed E-state index contributed by atoms with van der Waals surface area (Å²) < 4.78 is 0.893. The summed E-state index contributed by atoms with van der Waals surface area (Å²) >= 11 is 10.9. The zero-order chi connectivity index (χ0) is 11.5. The van der Waals surface area contributed by atoms with Crippen LogP contribution in [0.4, 0.5) is 5.69 Å². The predicted octanol–water partition coefficient (Wildman–Crippen LogP) is 4.13. The first-order chi connectivity index (χ1) is 7.66. The van der Waals surface area contributed by atoms with Gasteiger partial charge in [-0.25, -0.2) is 9.97 Å². The molecule has 0 aliphatic heterocycles. The van der Waals surface area contributed by atoms with E-state index >= 15 is 0 Å². The summed E-state index contributed by atoms with van der Waals surface area (Å²) in [5.74, 6) is 0. The summed E-state index contributed by atoms with van der Waals surface area (Å²) in [5.41, 5.74) is 3.62. The molecule has 0 aliphatic carbocycles. The van der Waals surface area contributed by atoms with Crippen LogP contribution in [0.25, 0.3) is 0 Å². The molecule has 0 fully saturated rings. The van der Waals surface area contributed by atoms with Gasteiger partial charge in [-0.2, -0.15) is 0 Å². The van der Waals surface area contributed by atoms with Crippen LogP contribution in [0.15, 0.2) is 27.6 Å². The van der Waals surface area contributed by atoms with E-state index in [1.807, 2.05) is 23.9 Å². The quantitative estimate of drug-likeness (QED) is 0.865. The van der Waals surface area contributed by atoms with Crippen LogP contribution in [0.1, 0.15) is 18.7 Å². The van der Waals surface area contributed by atoms with Gasteiger partial charge >= 0.3 is 0 Å². The highest BCUT2D eigenvalue weighted by Crippen LogP contribution is 2.26. The van der Waals surface area contributed by atoms with Gasteiger partial charge in [0.25, 0.3) is 0 Å². The molecule has 1 N–H and O–H groups in total. The minimum atomic E-state index is 0.111. The van der Waals surface area contributed by atoms with Crippen LogP contribution in [0.3, 0.4) is 0 Å². The molecule has 1 atom stereocenters. The van der Waals surface area contributed by atoms with E-state index in [1.54, 1.807) is 17.5 Å². The summed E-state index contributed by atoms with van der Waals surface area (Å²) in [7, 11) is 0. The van der Waals surface area contributed by atoms with Crippen molar-refractivity contribution in [3.05, 3.63) is 38.5 Å². The van der Waals surface area contributed by atoms with Crippen molar-refractivity contribution in [1.29, 1.82) is 0 Å². The van der Waals surface area contributed by atoms with Crippen LogP contribution < -0.4 is 5.32 Å². The van der Waals surface area contributed by atoms with Gasteiger partial charge in [0, 0.05) is 16.0 Å². The Bertz CT molecular complexity index is 475. The van der Waals surface area contributed by atoms with E-state index in [2.05, 4.69) is 31.2 Å². The van der Waals surface area contributed by atoms with E-state index in [4.69, 9.17) is 11.6 Å². The van der Waals surface area contributed by atoms with Crippen molar-refractivity contribution in [2.24, 2.45) is 0 Å². The molecular weight excluding hydrogens is 310 g/mol. The van der Waals surface area contributed by atoms with E-state index in [0.29, 0.717) is 5.15 Å². The standard InChI is InChI=1S/C10H9BrClN3S/c1-6(9-4-16-5-14-9)15-8-2-7(11)3-13-10(8)12/h2-6,15H,1H3. The fraction of sp³-hybridized carbons (Fsp3) is 0.200. The predicted molar refractivity (Wildman–Crippen MR) is 71.1 cm³/mol. The fourth-order valence-electron chi connectivity index (χ4n) is 1.27. The number of anilines is 1. The van der Waals surface area contributed by atoms with Gasteiger partial charge in [0.05, 0.1) is 22.9 Å². The van der Waals surface area contributed by atoms with Crippen molar-refractivity contribution in [2.45, 2.75) is 13.0 Å². The largest absolute Gasteiger partial charge is 0.374 e. The summed E-state index contributed by atoms with van der Waals surface area (Å²) in [5, 5.41) is 5.75. The monoisotopic (exact) mass is 317 g/mol. The van der Waals surface area contributed by atoms with Gasteiger partial charge in [0.15, 0.2) is 5.15 Å². The van der Waals surface area contributed by atoms with Crippen molar-refractivity contribution < 1.29 is 0 Å². The molecule has 0 amide bonds. The Hall–Kier alpha value is -0.650. The molecule has 0 aromatic carbocycles. The van der Waals surface area contributed by atoms with Crippen molar-refractivity contribution in [3.8, 4) is 0 Å².